The Morgan fingerprint density at radius 1 is 1.62 bits per heavy atom. The van der Waals surface area contributed by atoms with E-state index in [0.717, 1.165) is 19.5 Å². The predicted molar refractivity (Wildman–Crippen MR) is 64.1 cm³/mol. The molecule has 1 aromatic heterocycles. The van der Waals surface area contributed by atoms with Gasteiger partial charge in [0.1, 0.15) is 5.76 Å². The fourth-order valence-corrected chi connectivity index (χ4v) is 1.93. The van der Waals surface area contributed by atoms with Crippen LogP contribution in [0.2, 0.25) is 0 Å². The second-order valence-electron chi connectivity index (χ2n) is 3.95. The fourth-order valence-electron chi connectivity index (χ4n) is 1.93. The average molecular weight is 245 g/mol. The Labute approximate surface area is 101 Å². The molecule has 1 aliphatic rings. The van der Waals surface area contributed by atoms with Gasteiger partial charge in [-0.3, -0.25) is 4.79 Å². The molecule has 0 saturated carbocycles. The monoisotopic (exact) mass is 244 g/mol. The van der Waals surface area contributed by atoms with E-state index in [4.69, 9.17) is 4.42 Å². The topological polar surface area (TPSA) is 45.5 Å². The third kappa shape index (κ3) is 2.39. The van der Waals surface area contributed by atoms with Crippen molar-refractivity contribution in [2.45, 2.75) is 19.4 Å². The van der Waals surface area contributed by atoms with Crippen molar-refractivity contribution in [1.29, 1.82) is 0 Å². The molecule has 0 spiro atoms. The maximum atomic E-state index is 12.1. The maximum Gasteiger partial charge on any atom is 0.257 e. The van der Waals surface area contributed by atoms with Gasteiger partial charge in [0.25, 0.3) is 5.91 Å². The predicted octanol–water partition coefficient (Wildman–Crippen LogP) is 1.44. The molecule has 0 bridgehead atoms. The molecule has 2 rings (SSSR count). The molecule has 16 heavy (non-hydrogen) atoms. The number of nitrogens with zero attached hydrogens (tertiary/aromatic N) is 1. The third-order valence-electron chi connectivity index (χ3n) is 2.99. The van der Waals surface area contributed by atoms with Crippen molar-refractivity contribution < 1.29 is 9.21 Å². The number of halogens is 1. The second kappa shape index (κ2) is 5.37. The minimum absolute atomic E-state index is 0. The molecule has 2 heterocycles. The van der Waals surface area contributed by atoms with E-state index in [1.165, 1.54) is 0 Å². The van der Waals surface area contributed by atoms with Crippen LogP contribution in [0.15, 0.2) is 16.7 Å². The Kier molecular flexibility index (Phi) is 4.38. The Hall–Kier alpha value is -1.00. The van der Waals surface area contributed by atoms with Gasteiger partial charge in [0, 0.05) is 19.6 Å². The summed E-state index contributed by atoms with van der Waals surface area (Å²) in [6.07, 6.45) is 2.59. The molecule has 1 amide bonds. The highest BCUT2D eigenvalue weighted by Crippen LogP contribution is 2.15. The van der Waals surface area contributed by atoms with E-state index in [-0.39, 0.29) is 18.3 Å². The number of likely N-dealkylation sites (N-methyl/N-ethyl adjacent to an activating group) is 1. The van der Waals surface area contributed by atoms with Gasteiger partial charge >= 0.3 is 0 Å². The maximum absolute atomic E-state index is 12.1. The van der Waals surface area contributed by atoms with Crippen LogP contribution < -0.4 is 5.32 Å². The lowest BCUT2D eigenvalue weighted by Crippen LogP contribution is -2.38. The third-order valence-corrected chi connectivity index (χ3v) is 2.99. The summed E-state index contributed by atoms with van der Waals surface area (Å²) >= 11 is 0. The van der Waals surface area contributed by atoms with E-state index in [2.05, 4.69) is 5.32 Å². The van der Waals surface area contributed by atoms with E-state index in [0.29, 0.717) is 17.4 Å². The first-order valence-electron chi connectivity index (χ1n) is 5.22. The van der Waals surface area contributed by atoms with Crippen LogP contribution in [-0.4, -0.2) is 37.0 Å². The van der Waals surface area contributed by atoms with Gasteiger partial charge < -0.3 is 14.6 Å². The van der Waals surface area contributed by atoms with Crippen molar-refractivity contribution in [3.63, 3.8) is 0 Å². The lowest BCUT2D eigenvalue weighted by molar-refractivity contribution is 0.0742. The van der Waals surface area contributed by atoms with Crippen LogP contribution in [-0.2, 0) is 0 Å². The molecule has 1 unspecified atom stereocenters. The van der Waals surface area contributed by atoms with Crippen LogP contribution in [0, 0.1) is 6.92 Å². The largest absolute Gasteiger partial charge is 0.469 e. The Morgan fingerprint density at radius 3 is 2.88 bits per heavy atom. The van der Waals surface area contributed by atoms with Crippen molar-refractivity contribution in [1.82, 2.24) is 10.2 Å². The lowest BCUT2D eigenvalue weighted by atomic mass is 10.2. The van der Waals surface area contributed by atoms with E-state index in [9.17, 15) is 4.79 Å². The second-order valence-corrected chi connectivity index (χ2v) is 3.95. The average Bonchev–Trinajstić information content (AvgIpc) is 2.85. The highest BCUT2D eigenvalue weighted by molar-refractivity contribution is 5.95. The van der Waals surface area contributed by atoms with Crippen molar-refractivity contribution in [2.24, 2.45) is 0 Å². The number of carbonyl (C=O) groups excluding carboxylic acids is 1. The van der Waals surface area contributed by atoms with Gasteiger partial charge in [-0.05, 0) is 26.0 Å². The molecule has 0 aromatic carbocycles. The first-order chi connectivity index (χ1) is 7.20. The number of furan rings is 1. The van der Waals surface area contributed by atoms with Gasteiger partial charge in [-0.25, -0.2) is 0 Å². The standard InChI is InChI=1S/C11H16N2O2.ClH/c1-8-10(4-6-15-8)11(14)13(2)9-3-5-12-7-9;/h4,6,9,12H,3,5,7H2,1-2H3;1H. The summed E-state index contributed by atoms with van der Waals surface area (Å²) in [4.78, 5) is 13.9. The minimum atomic E-state index is 0. The van der Waals surface area contributed by atoms with E-state index < -0.39 is 0 Å². The smallest absolute Gasteiger partial charge is 0.257 e. The number of amides is 1. The van der Waals surface area contributed by atoms with Crippen molar-refractivity contribution in [2.75, 3.05) is 20.1 Å². The highest BCUT2D eigenvalue weighted by atomic mass is 35.5. The summed E-state index contributed by atoms with van der Waals surface area (Å²) in [7, 11) is 1.85. The molecule has 4 nitrogen and oxygen atoms in total. The normalized spacial score (nSPS) is 19.2. The summed E-state index contributed by atoms with van der Waals surface area (Å²) in [5.41, 5.74) is 0.671. The molecule has 1 aliphatic heterocycles. The van der Waals surface area contributed by atoms with Crippen LogP contribution in [0.3, 0.4) is 0 Å². The van der Waals surface area contributed by atoms with Crippen molar-refractivity contribution >= 4 is 18.3 Å². The van der Waals surface area contributed by atoms with Gasteiger partial charge in [-0.2, -0.15) is 0 Å². The first-order valence-corrected chi connectivity index (χ1v) is 5.22. The zero-order valence-electron chi connectivity index (χ0n) is 9.53. The number of nitrogens with one attached hydrogen (secondary N) is 1. The van der Waals surface area contributed by atoms with E-state index >= 15 is 0 Å². The molecule has 90 valence electrons. The molecule has 0 radical (unpaired) electrons. The Balaban J connectivity index is 0.00000128. The number of hydrogen-bond acceptors (Lipinski definition) is 3. The van der Waals surface area contributed by atoms with Crippen LogP contribution in [0.5, 0.6) is 0 Å². The first kappa shape index (κ1) is 13.1. The number of aryl methyl sites for hydroxylation is 1. The number of rotatable bonds is 2. The van der Waals surface area contributed by atoms with Gasteiger partial charge in [0.2, 0.25) is 0 Å². The quantitative estimate of drug-likeness (QED) is 0.857. The summed E-state index contributed by atoms with van der Waals surface area (Å²) in [6, 6.07) is 2.04. The molecule has 5 heteroatoms. The number of carbonyl (C=O) groups is 1. The lowest BCUT2D eigenvalue weighted by Gasteiger charge is -2.23. The van der Waals surface area contributed by atoms with Crippen molar-refractivity contribution in [3.8, 4) is 0 Å². The zero-order chi connectivity index (χ0) is 10.8. The van der Waals surface area contributed by atoms with Gasteiger partial charge in [0.15, 0.2) is 0 Å². The fraction of sp³-hybridized carbons (Fsp3) is 0.545. The summed E-state index contributed by atoms with van der Waals surface area (Å²) in [5, 5.41) is 3.25. The van der Waals surface area contributed by atoms with Gasteiger partial charge in [-0.1, -0.05) is 0 Å². The van der Waals surface area contributed by atoms with Crippen LogP contribution in [0.4, 0.5) is 0 Å². The van der Waals surface area contributed by atoms with Crippen LogP contribution in [0.25, 0.3) is 0 Å². The minimum Gasteiger partial charge on any atom is -0.469 e. The summed E-state index contributed by atoms with van der Waals surface area (Å²) < 4.78 is 5.14. The Morgan fingerprint density at radius 2 is 2.38 bits per heavy atom. The van der Waals surface area contributed by atoms with E-state index in [1.807, 2.05) is 14.0 Å². The highest BCUT2D eigenvalue weighted by Gasteiger charge is 2.25. The molecular weight excluding hydrogens is 228 g/mol. The number of hydrogen-bond donors (Lipinski definition) is 1. The molecule has 1 atom stereocenters. The van der Waals surface area contributed by atoms with Crippen molar-refractivity contribution in [3.05, 3.63) is 23.7 Å². The molecular formula is C11H17ClN2O2. The SMILES string of the molecule is Cc1occc1C(=O)N(C)C1CCNC1.Cl. The molecule has 1 saturated heterocycles. The zero-order valence-corrected chi connectivity index (χ0v) is 10.3. The molecule has 0 aliphatic carbocycles. The van der Waals surface area contributed by atoms with Crippen LogP contribution >= 0.6 is 12.4 Å². The van der Waals surface area contributed by atoms with Crippen LogP contribution in [0.1, 0.15) is 22.5 Å². The molecule has 1 N–H and O–H groups in total. The van der Waals surface area contributed by atoms with Gasteiger partial charge in [0.05, 0.1) is 11.8 Å². The van der Waals surface area contributed by atoms with E-state index in [1.54, 1.807) is 17.2 Å². The van der Waals surface area contributed by atoms with Gasteiger partial charge in [-0.15, -0.1) is 12.4 Å². The Bertz CT molecular complexity index is 359. The summed E-state index contributed by atoms with van der Waals surface area (Å²) in [5.74, 6) is 0.743. The molecule has 1 fully saturated rings. The molecule has 1 aromatic rings. The summed E-state index contributed by atoms with van der Waals surface area (Å²) in [6.45, 7) is 3.69.